The Kier molecular flexibility index (Phi) is 7.23. The van der Waals surface area contributed by atoms with E-state index in [1.165, 1.54) is 29.5 Å². The van der Waals surface area contributed by atoms with Gasteiger partial charge in [-0.2, -0.15) is 0 Å². The van der Waals surface area contributed by atoms with E-state index < -0.39 is 5.82 Å². The van der Waals surface area contributed by atoms with Gasteiger partial charge < -0.3 is 9.80 Å². The van der Waals surface area contributed by atoms with Crippen molar-refractivity contribution < 1.29 is 14.0 Å². The molecule has 2 aliphatic rings. The van der Waals surface area contributed by atoms with Gasteiger partial charge in [0.2, 0.25) is 0 Å². The van der Waals surface area contributed by atoms with Crippen LogP contribution in [0.25, 0.3) is 0 Å². The molecule has 1 aromatic heterocycles. The molecule has 0 spiro atoms. The highest BCUT2D eigenvalue weighted by Gasteiger charge is 2.30. The standard InChI is InChI=1S/C23H26ClFN4O2S/c1-2-8-27-11-13-29(14-12-27)22(30)19-15-32-21(26-19)16-6-9-28(10-7-16)23(31)20-17(24)4-3-5-18(20)25/h2-5,15-16H,1,6-14H2. The Bertz CT molecular complexity index is 977. The predicted octanol–water partition coefficient (Wildman–Crippen LogP) is 3.90. The van der Waals surface area contributed by atoms with E-state index in [2.05, 4.69) is 16.5 Å². The van der Waals surface area contributed by atoms with Gasteiger partial charge in [-0.3, -0.25) is 14.5 Å². The van der Waals surface area contributed by atoms with Gasteiger partial charge in [-0.1, -0.05) is 23.7 Å². The first kappa shape index (κ1) is 22.9. The fraction of sp³-hybridized carbons (Fsp3) is 0.435. The van der Waals surface area contributed by atoms with Crippen LogP contribution in [0.4, 0.5) is 4.39 Å². The zero-order valence-corrected chi connectivity index (χ0v) is 19.4. The number of amides is 2. The molecule has 2 saturated heterocycles. The second-order valence-corrected chi connectivity index (χ2v) is 9.41. The second-order valence-electron chi connectivity index (χ2n) is 8.12. The molecule has 0 bridgehead atoms. The number of piperidine rings is 1. The molecule has 0 radical (unpaired) electrons. The third-order valence-electron chi connectivity index (χ3n) is 6.10. The van der Waals surface area contributed by atoms with Crippen LogP contribution in [-0.4, -0.2) is 77.3 Å². The van der Waals surface area contributed by atoms with Crippen LogP contribution >= 0.6 is 22.9 Å². The lowest BCUT2D eigenvalue weighted by Crippen LogP contribution is -2.48. The summed E-state index contributed by atoms with van der Waals surface area (Å²) < 4.78 is 14.1. The molecule has 0 unspecified atom stereocenters. The van der Waals surface area contributed by atoms with Gasteiger partial charge in [-0.05, 0) is 25.0 Å². The molecule has 0 saturated carbocycles. The molecule has 6 nitrogen and oxygen atoms in total. The number of hydrogen-bond donors (Lipinski definition) is 0. The van der Waals surface area contributed by atoms with E-state index in [0.29, 0.717) is 31.9 Å². The molecule has 1 aromatic carbocycles. The topological polar surface area (TPSA) is 56.8 Å². The number of carbonyl (C=O) groups excluding carboxylic acids is 2. The summed E-state index contributed by atoms with van der Waals surface area (Å²) in [5.41, 5.74) is 0.432. The molecule has 2 aliphatic heterocycles. The van der Waals surface area contributed by atoms with Crippen molar-refractivity contribution in [2.75, 3.05) is 45.8 Å². The Hall–Kier alpha value is -2.29. The van der Waals surface area contributed by atoms with Gasteiger partial charge in [0.25, 0.3) is 11.8 Å². The maximum absolute atomic E-state index is 14.1. The normalized spacial score (nSPS) is 18.1. The quantitative estimate of drug-likeness (QED) is 0.614. The Morgan fingerprint density at radius 3 is 2.47 bits per heavy atom. The lowest BCUT2D eigenvalue weighted by Gasteiger charge is -2.33. The van der Waals surface area contributed by atoms with E-state index in [9.17, 15) is 14.0 Å². The zero-order chi connectivity index (χ0) is 22.7. The van der Waals surface area contributed by atoms with E-state index in [4.69, 9.17) is 11.6 Å². The number of thiazole rings is 1. The van der Waals surface area contributed by atoms with Crippen LogP contribution in [0.1, 0.15) is 44.6 Å². The molecule has 9 heteroatoms. The smallest absolute Gasteiger partial charge is 0.273 e. The summed E-state index contributed by atoms with van der Waals surface area (Å²) in [6, 6.07) is 4.26. The van der Waals surface area contributed by atoms with Crippen molar-refractivity contribution in [2.24, 2.45) is 0 Å². The van der Waals surface area contributed by atoms with E-state index in [-0.39, 0.29) is 28.3 Å². The van der Waals surface area contributed by atoms with Crippen molar-refractivity contribution in [3.63, 3.8) is 0 Å². The van der Waals surface area contributed by atoms with Gasteiger partial charge in [0, 0.05) is 57.1 Å². The summed E-state index contributed by atoms with van der Waals surface area (Å²) in [4.78, 5) is 36.0. The van der Waals surface area contributed by atoms with Crippen LogP contribution in [-0.2, 0) is 0 Å². The van der Waals surface area contributed by atoms with E-state index in [1.54, 1.807) is 4.90 Å². The average molecular weight is 477 g/mol. The van der Waals surface area contributed by atoms with Crippen LogP contribution in [0.3, 0.4) is 0 Å². The number of piperazine rings is 1. The van der Waals surface area contributed by atoms with E-state index >= 15 is 0 Å². The van der Waals surface area contributed by atoms with E-state index in [1.807, 2.05) is 16.4 Å². The number of nitrogens with zero attached hydrogens (tertiary/aromatic N) is 4. The minimum Gasteiger partial charge on any atom is -0.338 e. The highest BCUT2D eigenvalue weighted by Crippen LogP contribution is 2.32. The highest BCUT2D eigenvalue weighted by molar-refractivity contribution is 7.09. The SMILES string of the molecule is C=CCN1CCN(C(=O)c2csc(C3CCN(C(=O)c4c(F)cccc4Cl)CC3)n2)CC1. The predicted molar refractivity (Wildman–Crippen MR) is 124 cm³/mol. The number of aromatic nitrogens is 1. The van der Waals surface area contributed by atoms with Crippen LogP contribution in [0, 0.1) is 5.82 Å². The molecule has 2 aromatic rings. The molecular formula is C23H26ClFN4O2S. The summed E-state index contributed by atoms with van der Waals surface area (Å²) in [6.45, 7) is 8.68. The van der Waals surface area contributed by atoms with Gasteiger partial charge in [0.1, 0.15) is 11.5 Å². The van der Waals surface area contributed by atoms with Gasteiger partial charge in [-0.15, -0.1) is 17.9 Å². The summed E-state index contributed by atoms with van der Waals surface area (Å²) in [5.74, 6) is -0.811. The molecule has 2 fully saturated rings. The Morgan fingerprint density at radius 1 is 1.12 bits per heavy atom. The van der Waals surface area contributed by atoms with Crippen molar-refractivity contribution in [3.05, 3.63) is 63.3 Å². The first-order chi connectivity index (χ1) is 15.5. The molecule has 2 amide bonds. The number of benzene rings is 1. The molecule has 4 rings (SSSR count). The number of carbonyl (C=O) groups is 2. The Morgan fingerprint density at radius 2 is 1.81 bits per heavy atom. The van der Waals surface area contributed by atoms with Crippen molar-refractivity contribution in [2.45, 2.75) is 18.8 Å². The largest absolute Gasteiger partial charge is 0.338 e. The molecule has 3 heterocycles. The summed E-state index contributed by atoms with van der Waals surface area (Å²) >= 11 is 7.55. The fourth-order valence-corrected chi connectivity index (χ4v) is 5.45. The number of rotatable bonds is 5. The number of halogens is 2. The van der Waals surface area contributed by atoms with E-state index in [0.717, 1.165) is 37.5 Å². The number of hydrogen-bond acceptors (Lipinski definition) is 5. The molecule has 0 atom stereocenters. The molecule has 32 heavy (non-hydrogen) atoms. The first-order valence-corrected chi connectivity index (χ1v) is 12.0. The van der Waals surface area contributed by atoms with Crippen molar-refractivity contribution in [1.82, 2.24) is 19.7 Å². The molecule has 0 aliphatic carbocycles. The second kappa shape index (κ2) is 10.1. The maximum Gasteiger partial charge on any atom is 0.273 e. The number of likely N-dealkylation sites (tertiary alicyclic amines) is 1. The van der Waals surface area contributed by atoms with Crippen LogP contribution in [0.2, 0.25) is 5.02 Å². The van der Waals surface area contributed by atoms with Crippen LogP contribution < -0.4 is 0 Å². The minimum atomic E-state index is -0.599. The molecular weight excluding hydrogens is 451 g/mol. The lowest BCUT2D eigenvalue weighted by molar-refractivity contribution is 0.0645. The van der Waals surface area contributed by atoms with Gasteiger partial charge in [-0.25, -0.2) is 9.37 Å². The van der Waals surface area contributed by atoms with Crippen molar-refractivity contribution in [1.29, 1.82) is 0 Å². The van der Waals surface area contributed by atoms with Crippen LogP contribution in [0.5, 0.6) is 0 Å². The van der Waals surface area contributed by atoms with Gasteiger partial charge >= 0.3 is 0 Å². The lowest BCUT2D eigenvalue weighted by atomic mass is 9.97. The third kappa shape index (κ3) is 4.87. The maximum atomic E-state index is 14.1. The summed E-state index contributed by atoms with van der Waals surface area (Å²) in [7, 11) is 0. The van der Waals surface area contributed by atoms with Crippen molar-refractivity contribution >= 4 is 34.8 Å². The Labute approximate surface area is 196 Å². The zero-order valence-electron chi connectivity index (χ0n) is 17.8. The minimum absolute atomic E-state index is 0.0208. The van der Waals surface area contributed by atoms with Crippen molar-refractivity contribution in [3.8, 4) is 0 Å². The first-order valence-electron chi connectivity index (χ1n) is 10.8. The molecule has 170 valence electrons. The molecule has 0 N–H and O–H groups in total. The van der Waals surface area contributed by atoms with Crippen LogP contribution in [0.15, 0.2) is 36.2 Å². The van der Waals surface area contributed by atoms with Gasteiger partial charge in [0.05, 0.1) is 15.6 Å². The summed E-state index contributed by atoms with van der Waals surface area (Å²) in [6.07, 6.45) is 3.33. The fourth-order valence-electron chi connectivity index (χ4n) is 4.24. The Balaban J connectivity index is 1.34. The third-order valence-corrected chi connectivity index (χ3v) is 7.42. The van der Waals surface area contributed by atoms with Gasteiger partial charge in [0.15, 0.2) is 0 Å². The monoisotopic (exact) mass is 476 g/mol. The summed E-state index contributed by atoms with van der Waals surface area (Å²) in [5, 5.41) is 2.89. The average Bonchev–Trinajstić information content (AvgIpc) is 3.29. The highest BCUT2D eigenvalue weighted by atomic mass is 35.5.